The van der Waals surface area contributed by atoms with E-state index in [9.17, 15) is 18.0 Å². The van der Waals surface area contributed by atoms with E-state index < -0.39 is 11.7 Å². The number of amides is 1. The number of carbonyl (C=O) groups excluding carboxylic acids is 1. The second-order valence-electron chi connectivity index (χ2n) is 8.36. The summed E-state index contributed by atoms with van der Waals surface area (Å²) < 4.78 is 49.3. The SMILES string of the molecule is COc1ccc(-c2noc(CCN(C(=O)c3ccc(C(F)(F)F)cc3)C3CCCCC3)n2)cc1. The molecule has 0 spiro atoms. The van der Waals surface area contributed by atoms with Gasteiger partial charge in [0.25, 0.3) is 5.91 Å². The quantitative estimate of drug-likeness (QED) is 0.435. The van der Waals surface area contributed by atoms with Gasteiger partial charge in [0.15, 0.2) is 0 Å². The van der Waals surface area contributed by atoms with Crippen molar-refractivity contribution in [2.45, 2.75) is 50.7 Å². The van der Waals surface area contributed by atoms with Crippen LogP contribution in [0.5, 0.6) is 5.75 Å². The van der Waals surface area contributed by atoms with E-state index in [0.29, 0.717) is 24.7 Å². The van der Waals surface area contributed by atoms with Gasteiger partial charge in [-0.2, -0.15) is 18.2 Å². The molecule has 3 aromatic rings. The molecule has 9 heteroatoms. The molecule has 0 aliphatic heterocycles. The predicted octanol–water partition coefficient (Wildman–Crippen LogP) is 5.78. The van der Waals surface area contributed by atoms with Crippen LogP contribution >= 0.6 is 0 Å². The molecule has 0 N–H and O–H groups in total. The summed E-state index contributed by atoms with van der Waals surface area (Å²) in [4.78, 5) is 19.5. The van der Waals surface area contributed by atoms with Crippen LogP contribution in [0.15, 0.2) is 53.1 Å². The van der Waals surface area contributed by atoms with E-state index in [1.165, 1.54) is 12.1 Å². The molecule has 0 radical (unpaired) electrons. The van der Waals surface area contributed by atoms with Gasteiger partial charge in [0.2, 0.25) is 11.7 Å². The predicted molar refractivity (Wildman–Crippen MR) is 119 cm³/mol. The van der Waals surface area contributed by atoms with Crippen molar-refractivity contribution in [1.82, 2.24) is 15.0 Å². The molecule has 1 amide bonds. The smallest absolute Gasteiger partial charge is 0.416 e. The number of aromatic nitrogens is 2. The van der Waals surface area contributed by atoms with Gasteiger partial charge in [-0.25, -0.2) is 0 Å². The zero-order valence-corrected chi connectivity index (χ0v) is 18.8. The van der Waals surface area contributed by atoms with E-state index in [1.54, 1.807) is 24.1 Å². The van der Waals surface area contributed by atoms with E-state index in [4.69, 9.17) is 9.26 Å². The Hall–Kier alpha value is -3.36. The lowest BCUT2D eigenvalue weighted by Gasteiger charge is -2.34. The summed E-state index contributed by atoms with van der Waals surface area (Å²) >= 11 is 0. The zero-order chi connectivity index (χ0) is 24.1. The lowest BCUT2D eigenvalue weighted by molar-refractivity contribution is -0.137. The normalized spacial score (nSPS) is 14.7. The summed E-state index contributed by atoms with van der Waals surface area (Å²) in [6.07, 6.45) is 0.803. The van der Waals surface area contributed by atoms with Gasteiger partial charge in [0.1, 0.15) is 5.75 Å². The maximum absolute atomic E-state index is 13.3. The number of halogens is 3. The number of hydrogen-bond acceptors (Lipinski definition) is 5. The third kappa shape index (κ3) is 5.58. The first-order valence-electron chi connectivity index (χ1n) is 11.3. The minimum absolute atomic E-state index is 0.0347. The number of rotatable bonds is 7. The van der Waals surface area contributed by atoms with Crippen molar-refractivity contribution in [3.63, 3.8) is 0 Å². The van der Waals surface area contributed by atoms with Gasteiger partial charge in [0.05, 0.1) is 12.7 Å². The monoisotopic (exact) mass is 473 g/mol. The van der Waals surface area contributed by atoms with Crippen LogP contribution in [0.25, 0.3) is 11.4 Å². The maximum atomic E-state index is 13.3. The Morgan fingerprint density at radius 1 is 1.06 bits per heavy atom. The third-order valence-corrected chi connectivity index (χ3v) is 6.12. The Bertz CT molecular complexity index is 1090. The molecule has 1 aromatic heterocycles. The summed E-state index contributed by atoms with van der Waals surface area (Å²) in [5.74, 6) is 1.27. The fourth-order valence-electron chi connectivity index (χ4n) is 4.24. The Morgan fingerprint density at radius 2 is 1.74 bits per heavy atom. The molecular weight excluding hydrogens is 447 g/mol. The summed E-state index contributed by atoms with van der Waals surface area (Å²) in [5.41, 5.74) is 0.244. The Labute approximate surface area is 195 Å². The van der Waals surface area contributed by atoms with E-state index in [-0.39, 0.29) is 17.5 Å². The topological polar surface area (TPSA) is 68.5 Å². The third-order valence-electron chi connectivity index (χ3n) is 6.12. The molecule has 4 rings (SSSR count). The first-order chi connectivity index (χ1) is 16.3. The molecule has 0 bridgehead atoms. The molecule has 0 unspecified atom stereocenters. The van der Waals surface area contributed by atoms with Crippen molar-refractivity contribution in [3.05, 3.63) is 65.5 Å². The van der Waals surface area contributed by atoms with Crippen molar-refractivity contribution in [2.24, 2.45) is 0 Å². The van der Waals surface area contributed by atoms with Crippen molar-refractivity contribution < 1.29 is 27.2 Å². The van der Waals surface area contributed by atoms with E-state index in [2.05, 4.69) is 10.1 Å². The van der Waals surface area contributed by atoms with E-state index in [0.717, 1.165) is 55.5 Å². The van der Waals surface area contributed by atoms with E-state index >= 15 is 0 Å². The highest BCUT2D eigenvalue weighted by molar-refractivity contribution is 5.94. The molecule has 2 aromatic carbocycles. The van der Waals surface area contributed by atoms with Crippen LogP contribution in [0.3, 0.4) is 0 Å². The van der Waals surface area contributed by atoms with Gasteiger partial charge in [-0.1, -0.05) is 24.4 Å². The largest absolute Gasteiger partial charge is 0.497 e. The fraction of sp³-hybridized carbons (Fsp3) is 0.400. The molecular formula is C25H26F3N3O3. The number of methoxy groups -OCH3 is 1. The van der Waals surface area contributed by atoms with Crippen LogP contribution in [0, 0.1) is 0 Å². The number of benzene rings is 2. The molecule has 1 aliphatic carbocycles. The molecule has 0 saturated heterocycles. The lowest BCUT2D eigenvalue weighted by atomic mass is 9.93. The summed E-state index contributed by atoms with van der Waals surface area (Å²) in [5, 5.41) is 4.03. The fourth-order valence-corrected chi connectivity index (χ4v) is 4.24. The van der Waals surface area contributed by atoms with Gasteiger partial charge in [0, 0.05) is 30.1 Å². The number of ether oxygens (including phenoxy) is 1. The molecule has 1 fully saturated rings. The second kappa shape index (κ2) is 10.3. The minimum atomic E-state index is -4.44. The van der Waals surface area contributed by atoms with E-state index in [1.807, 2.05) is 12.1 Å². The van der Waals surface area contributed by atoms with Crippen LogP contribution in [0.4, 0.5) is 13.2 Å². The number of alkyl halides is 3. The van der Waals surface area contributed by atoms with Gasteiger partial charge in [-0.3, -0.25) is 4.79 Å². The second-order valence-corrected chi connectivity index (χ2v) is 8.36. The highest BCUT2D eigenvalue weighted by Crippen LogP contribution is 2.30. The van der Waals surface area contributed by atoms with Crippen molar-refractivity contribution in [2.75, 3.05) is 13.7 Å². The Kier molecular flexibility index (Phi) is 7.19. The standard InChI is InChI=1S/C25H26F3N3O3/c1-33-21-13-9-17(10-14-21)23-29-22(34-30-23)15-16-31(20-5-3-2-4-6-20)24(32)18-7-11-19(12-8-18)25(26,27)28/h7-14,20H,2-6,15-16H2,1H3. The van der Waals surface area contributed by atoms with Gasteiger partial charge >= 0.3 is 6.18 Å². The molecule has 6 nitrogen and oxygen atoms in total. The maximum Gasteiger partial charge on any atom is 0.416 e. The lowest BCUT2D eigenvalue weighted by Crippen LogP contribution is -2.42. The highest BCUT2D eigenvalue weighted by Gasteiger charge is 2.31. The van der Waals surface area contributed by atoms with Gasteiger partial charge in [-0.05, 0) is 61.4 Å². The summed E-state index contributed by atoms with van der Waals surface area (Å²) in [6, 6.07) is 11.7. The minimum Gasteiger partial charge on any atom is -0.497 e. The van der Waals surface area contributed by atoms with Gasteiger partial charge in [-0.15, -0.1) is 0 Å². The Morgan fingerprint density at radius 3 is 2.35 bits per heavy atom. The number of carbonyl (C=O) groups is 1. The average Bonchev–Trinajstić information content (AvgIpc) is 3.33. The first kappa shape index (κ1) is 23.8. The van der Waals surface area contributed by atoms with Crippen LogP contribution in [0.2, 0.25) is 0 Å². The van der Waals surface area contributed by atoms with Gasteiger partial charge < -0.3 is 14.2 Å². The van der Waals surface area contributed by atoms with Crippen molar-refractivity contribution >= 4 is 5.91 Å². The van der Waals surface area contributed by atoms with Crippen molar-refractivity contribution in [1.29, 1.82) is 0 Å². The molecule has 1 aliphatic rings. The van der Waals surface area contributed by atoms with Crippen molar-refractivity contribution in [3.8, 4) is 17.1 Å². The highest BCUT2D eigenvalue weighted by atomic mass is 19.4. The Balaban J connectivity index is 1.48. The summed E-state index contributed by atoms with van der Waals surface area (Å²) in [7, 11) is 1.59. The van der Waals surface area contributed by atoms with Crippen LogP contribution < -0.4 is 4.74 Å². The first-order valence-corrected chi connectivity index (χ1v) is 11.3. The molecule has 180 valence electrons. The van der Waals surface area contributed by atoms with Crippen LogP contribution in [-0.4, -0.2) is 40.6 Å². The average molecular weight is 473 g/mol. The molecule has 34 heavy (non-hydrogen) atoms. The number of hydrogen-bond donors (Lipinski definition) is 0. The van der Waals surface area contributed by atoms with Crippen LogP contribution in [0.1, 0.15) is 53.9 Å². The zero-order valence-electron chi connectivity index (χ0n) is 18.8. The molecule has 1 heterocycles. The summed E-state index contributed by atoms with van der Waals surface area (Å²) in [6.45, 7) is 0.342. The molecule has 0 atom stereocenters. The molecule has 1 saturated carbocycles. The number of nitrogens with zero attached hydrogens (tertiary/aromatic N) is 3. The van der Waals surface area contributed by atoms with Crippen LogP contribution in [-0.2, 0) is 12.6 Å².